The van der Waals surface area contributed by atoms with Crippen molar-refractivity contribution in [1.29, 1.82) is 0 Å². The van der Waals surface area contributed by atoms with E-state index in [-0.39, 0.29) is 42.3 Å². The first-order valence-corrected chi connectivity index (χ1v) is 10.9. The molecule has 7 nitrogen and oxygen atoms in total. The average Bonchev–Trinajstić information content (AvgIpc) is 3.39. The average molecular weight is 547 g/mol. The standard InChI is InChI=1S/C24H29N5O2.HI/c1-25-24(26-12-15-29-22(30)20-6-2-3-7-21(20)23(29)31)27-16-18-8-10-19(11-9-18)17-28-13-4-5-14-28;/h2-3,6-11H,4-5,12-17H2,1H3,(H2,25,26,27);1H. The lowest BCUT2D eigenvalue weighted by atomic mass is 10.1. The van der Waals surface area contributed by atoms with E-state index < -0.39 is 0 Å². The molecule has 2 aliphatic heterocycles. The minimum atomic E-state index is -0.237. The molecule has 1 saturated heterocycles. The zero-order valence-corrected chi connectivity index (χ0v) is 20.7. The van der Waals surface area contributed by atoms with Gasteiger partial charge in [0.1, 0.15) is 0 Å². The molecule has 0 spiro atoms. The number of hydrogen-bond acceptors (Lipinski definition) is 4. The van der Waals surface area contributed by atoms with Gasteiger partial charge in [0.15, 0.2) is 5.96 Å². The van der Waals surface area contributed by atoms with Crippen LogP contribution >= 0.6 is 24.0 Å². The van der Waals surface area contributed by atoms with Gasteiger partial charge in [-0.15, -0.1) is 24.0 Å². The number of hydrogen-bond donors (Lipinski definition) is 2. The molecule has 2 aromatic rings. The number of aliphatic imine (C=N–C) groups is 1. The SMILES string of the molecule is CN=C(NCCN1C(=O)c2ccccc2C1=O)NCc1ccc(CN2CCCC2)cc1.I. The van der Waals surface area contributed by atoms with Gasteiger partial charge in [0.2, 0.25) is 0 Å². The lowest BCUT2D eigenvalue weighted by Crippen LogP contribution is -2.42. The summed E-state index contributed by atoms with van der Waals surface area (Å²) in [6.07, 6.45) is 2.61. The fourth-order valence-electron chi connectivity index (χ4n) is 4.10. The predicted octanol–water partition coefficient (Wildman–Crippen LogP) is 2.86. The molecule has 0 saturated carbocycles. The second-order valence-electron chi connectivity index (χ2n) is 7.96. The van der Waals surface area contributed by atoms with Crippen LogP contribution in [0, 0.1) is 0 Å². The van der Waals surface area contributed by atoms with Crippen molar-refractivity contribution >= 4 is 41.8 Å². The summed E-state index contributed by atoms with van der Waals surface area (Å²) in [5.41, 5.74) is 3.47. The molecule has 2 N–H and O–H groups in total. The number of likely N-dealkylation sites (tertiary alicyclic amines) is 1. The van der Waals surface area contributed by atoms with Crippen LogP contribution in [0.2, 0.25) is 0 Å². The van der Waals surface area contributed by atoms with Crippen molar-refractivity contribution in [3.63, 3.8) is 0 Å². The molecule has 2 amide bonds. The summed E-state index contributed by atoms with van der Waals surface area (Å²) in [6, 6.07) is 15.6. The molecule has 32 heavy (non-hydrogen) atoms. The number of guanidine groups is 1. The van der Waals surface area contributed by atoms with Gasteiger partial charge in [-0.1, -0.05) is 36.4 Å². The lowest BCUT2D eigenvalue weighted by Gasteiger charge is -2.17. The number of benzene rings is 2. The summed E-state index contributed by atoms with van der Waals surface area (Å²) < 4.78 is 0. The normalized spacial score (nSPS) is 16.2. The van der Waals surface area contributed by atoms with Crippen molar-refractivity contribution in [3.8, 4) is 0 Å². The van der Waals surface area contributed by atoms with Gasteiger partial charge in [0.05, 0.1) is 11.1 Å². The minimum absolute atomic E-state index is 0. The van der Waals surface area contributed by atoms with Gasteiger partial charge in [-0.05, 0) is 49.2 Å². The van der Waals surface area contributed by atoms with Crippen LogP contribution in [0.4, 0.5) is 0 Å². The molecule has 0 unspecified atom stereocenters. The van der Waals surface area contributed by atoms with Crippen molar-refractivity contribution < 1.29 is 9.59 Å². The molecule has 0 aromatic heterocycles. The molecule has 0 radical (unpaired) electrons. The van der Waals surface area contributed by atoms with Crippen LogP contribution in [0.5, 0.6) is 0 Å². The third-order valence-corrected chi connectivity index (χ3v) is 5.82. The Labute approximate surface area is 206 Å². The Balaban J connectivity index is 0.00000289. The first kappa shape index (κ1) is 24.2. The molecule has 2 aromatic carbocycles. The predicted molar refractivity (Wildman–Crippen MR) is 136 cm³/mol. The van der Waals surface area contributed by atoms with Crippen LogP contribution in [0.3, 0.4) is 0 Å². The van der Waals surface area contributed by atoms with Gasteiger partial charge in [-0.3, -0.25) is 24.4 Å². The number of halogens is 1. The van der Waals surface area contributed by atoms with E-state index in [1.165, 1.54) is 42.0 Å². The number of rotatable bonds is 7. The summed E-state index contributed by atoms with van der Waals surface area (Å²) in [5, 5.41) is 6.46. The first-order chi connectivity index (χ1) is 15.2. The number of nitrogens with one attached hydrogen (secondary N) is 2. The van der Waals surface area contributed by atoms with Crippen molar-refractivity contribution in [2.45, 2.75) is 25.9 Å². The van der Waals surface area contributed by atoms with Crippen LogP contribution in [-0.2, 0) is 13.1 Å². The third-order valence-electron chi connectivity index (χ3n) is 5.82. The smallest absolute Gasteiger partial charge is 0.261 e. The maximum Gasteiger partial charge on any atom is 0.261 e. The molecule has 2 aliphatic rings. The largest absolute Gasteiger partial charge is 0.355 e. The second-order valence-corrected chi connectivity index (χ2v) is 7.96. The van der Waals surface area contributed by atoms with E-state index in [0.717, 1.165) is 6.54 Å². The molecule has 0 atom stereocenters. The number of imide groups is 1. The molecular weight excluding hydrogens is 517 g/mol. The van der Waals surface area contributed by atoms with Crippen molar-refractivity contribution in [2.75, 3.05) is 33.2 Å². The number of nitrogens with zero attached hydrogens (tertiary/aromatic N) is 3. The number of fused-ring (bicyclic) bond motifs is 1. The third kappa shape index (κ3) is 5.66. The Bertz CT molecular complexity index is 936. The van der Waals surface area contributed by atoms with Crippen LogP contribution in [0.25, 0.3) is 0 Å². The Hall–Kier alpha value is -2.46. The van der Waals surface area contributed by atoms with Crippen LogP contribution in [0.15, 0.2) is 53.5 Å². The van der Waals surface area contributed by atoms with Gasteiger partial charge in [0.25, 0.3) is 11.8 Å². The van der Waals surface area contributed by atoms with Gasteiger partial charge in [-0.25, -0.2) is 0 Å². The maximum absolute atomic E-state index is 12.4. The zero-order valence-electron chi connectivity index (χ0n) is 18.3. The first-order valence-electron chi connectivity index (χ1n) is 10.9. The fraction of sp³-hybridized carbons (Fsp3) is 0.375. The van der Waals surface area contributed by atoms with E-state index in [1.807, 2.05) is 0 Å². The highest BCUT2D eigenvalue weighted by atomic mass is 127. The summed E-state index contributed by atoms with van der Waals surface area (Å²) in [7, 11) is 1.70. The van der Waals surface area contributed by atoms with Crippen LogP contribution in [-0.4, -0.2) is 60.8 Å². The van der Waals surface area contributed by atoms with Gasteiger partial charge < -0.3 is 10.6 Å². The molecule has 1 fully saturated rings. The lowest BCUT2D eigenvalue weighted by molar-refractivity contribution is 0.0657. The Morgan fingerprint density at radius 1 is 0.906 bits per heavy atom. The van der Waals surface area contributed by atoms with E-state index >= 15 is 0 Å². The molecule has 4 rings (SSSR count). The fourth-order valence-corrected chi connectivity index (χ4v) is 4.10. The number of carbonyl (C=O) groups excluding carboxylic acids is 2. The molecule has 0 bridgehead atoms. The zero-order chi connectivity index (χ0) is 21.6. The summed E-state index contributed by atoms with van der Waals surface area (Å²) in [6.45, 7) is 4.79. The van der Waals surface area contributed by atoms with Crippen molar-refractivity contribution in [2.24, 2.45) is 4.99 Å². The van der Waals surface area contributed by atoms with Gasteiger partial charge >= 0.3 is 0 Å². The second kappa shape index (κ2) is 11.4. The van der Waals surface area contributed by atoms with E-state index in [1.54, 1.807) is 31.3 Å². The maximum atomic E-state index is 12.4. The molecule has 8 heteroatoms. The van der Waals surface area contributed by atoms with E-state index in [4.69, 9.17) is 0 Å². The van der Waals surface area contributed by atoms with E-state index in [2.05, 4.69) is 44.8 Å². The molecular formula is C24H30IN5O2. The molecule has 0 aliphatic carbocycles. The van der Waals surface area contributed by atoms with Crippen molar-refractivity contribution in [1.82, 2.24) is 20.4 Å². The summed E-state index contributed by atoms with van der Waals surface area (Å²) in [4.78, 5) is 32.9. The van der Waals surface area contributed by atoms with Crippen LogP contribution in [0.1, 0.15) is 44.7 Å². The Morgan fingerprint density at radius 2 is 1.50 bits per heavy atom. The number of carbonyl (C=O) groups is 2. The summed E-state index contributed by atoms with van der Waals surface area (Å²) in [5.74, 6) is 0.163. The Kier molecular flexibility index (Phi) is 8.63. The highest BCUT2D eigenvalue weighted by molar-refractivity contribution is 14.0. The number of amides is 2. The topological polar surface area (TPSA) is 77.0 Å². The monoisotopic (exact) mass is 547 g/mol. The minimum Gasteiger partial charge on any atom is -0.355 e. The molecule has 2 heterocycles. The quantitative estimate of drug-likeness (QED) is 0.242. The van der Waals surface area contributed by atoms with E-state index in [9.17, 15) is 9.59 Å². The highest BCUT2D eigenvalue weighted by Gasteiger charge is 2.34. The van der Waals surface area contributed by atoms with Crippen LogP contribution < -0.4 is 10.6 Å². The Morgan fingerprint density at radius 3 is 2.09 bits per heavy atom. The van der Waals surface area contributed by atoms with E-state index in [0.29, 0.717) is 30.2 Å². The van der Waals surface area contributed by atoms with Gasteiger partial charge in [-0.2, -0.15) is 0 Å². The highest BCUT2D eigenvalue weighted by Crippen LogP contribution is 2.21. The van der Waals surface area contributed by atoms with Gasteiger partial charge in [0, 0.05) is 33.2 Å². The molecule has 170 valence electrons. The van der Waals surface area contributed by atoms with Crippen molar-refractivity contribution in [3.05, 3.63) is 70.8 Å². The summed E-state index contributed by atoms with van der Waals surface area (Å²) >= 11 is 0.